The van der Waals surface area contributed by atoms with Gasteiger partial charge in [0.15, 0.2) is 0 Å². The fraction of sp³-hybridized carbons (Fsp3) is 0.933. The average molecular weight is 267 g/mol. The van der Waals surface area contributed by atoms with Crippen LogP contribution in [0.2, 0.25) is 0 Å². The Bertz CT molecular complexity index is 298. The third-order valence-corrected chi connectivity index (χ3v) is 4.79. The first kappa shape index (κ1) is 14.8. The van der Waals surface area contributed by atoms with Crippen LogP contribution in [0.5, 0.6) is 0 Å². The topological polar surface area (TPSA) is 28.1 Å². The summed E-state index contributed by atoms with van der Waals surface area (Å²) in [6.45, 7) is 7.09. The van der Waals surface area contributed by atoms with Crippen LogP contribution in [0.1, 0.15) is 39.0 Å². The number of piperidine rings is 1. The molecule has 1 unspecified atom stereocenters. The van der Waals surface area contributed by atoms with Gasteiger partial charge in [0.1, 0.15) is 7.11 Å². The summed E-state index contributed by atoms with van der Waals surface area (Å²) in [5.74, 6) is 0.629. The van der Waals surface area contributed by atoms with Gasteiger partial charge in [0.05, 0.1) is 5.71 Å². The monoisotopic (exact) mass is 267 g/mol. The van der Waals surface area contributed by atoms with Crippen molar-refractivity contribution in [1.82, 2.24) is 9.80 Å². The second-order valence-electron chi connectivity index (χ2n) is 6.11. The molecule has 0 bridgehead atoms. The summed E-state index contributed by atoms with van der Waals surface area (Å²) < 4.78 is 0. The molecule has 2 aliphatic heterocycles. The minimum absolute atomic E-state index is 0.629. The maximum absolute atomic E-state index is 4.90. The maximum atomic E-state index is 4.90. The highest BCUT2D eigenvalue weighted by Gasteiger charge is 2.27. The summed E-state index contributed by atoms with van der Waals surface area (Å²) in [5.41, 5.74) is 1.17. The van der Waals surface area contributed by atoms with Crippen molar-refractivity contribution >= 4 is 5.71 Å². The van der Waals surface area contributed by atoms with Gasteiger partial charge in [0.2, 0.25) is 0 Å². The van der Waals surface area contributed by atoms with Crippen LogP contribution in [-0.2, 0) is 4.84 Å². The first-order chi connectivity index (χ1) is 9.20. The Morgan fingerprint density at radius 2 is 1.79 bits per heavy atom. The van der Waals surface area contributed by atoms with Crippen molar-refractivity contribution < 1.29 is 4.84 Å². The summed E-state index contributed by atoms with van der Waals surface area (Å²) in [5, 5.41) is 4.10. The predicted molar refractivity (Wildman–Crippen MR) is 79.6 cm³/mol. The van der Waals surface area contributed by atoms with Crippen molar-refractivity contribution in [2.75, 3.05) is 40.3 Å². The first-order valence-corrected chi connectivity index (χ1v) is 7.71. The standard InChI is InChI=1S/C15H29N3O/c1-13(16-19-3)14-6-11-18(12-7-14)15-5-4-9-17(2)10-8-15/h14-15H,4-12H2,1-3H3/b16-13+. The number of hydrogen-bond donors (Lipinski definition) is 0. The second kappa shape index (κ2) is 7.25. The third kappa shape index (κ3) is 4.18. The zero-order valence-electron chi connectivity index (χ0n) is 12.8. The van der Waals surface area contributed by atoms with Crippen molar-refractivity contribution in [3.05, 3.63) is 0 Å². The van der Waals surface area contributed by atoms with E-state index in [4.69, 9.17) is 4.84 Å². The molecule has 0 saturated carbocycles. The Labute approximate surface area is 117 Å². The van der Waals surface area contributed by atoms with Crippen LogP contribution in [0.3, 0.4) is 0 Å². The van der Waals surface area contributed by atoms with Crippen molar-refractivity contribution in [3.63, 3.8) is 0 Å². The molecule has 4 nitrogen and oxygen atoms in total. The van der Waals surface area contributed by atoms with Crippen LogP contribution in [0.25, 0.3) is 0 Å². The minimum Gasteiger partial charge on any atom is -0.399 e. The number of likely N-dealkylation sites (tertiary alicyclic amines) is 2. The molecule has 0 aromatic rings. The second-order valence-corrected chi connectivity index (χ2v) is 6.11. The highest BCUT2D eigenvalue weighted by atomic mass is 16.6. The third-order valence-electron chi connectivity index (χ3n) is 4.79. The fourth-order valence-corrected chi connectivity index (χ4v) is 3.49. The van der Waals surface area contributed by atoms with E-state index >= 15 is 0 Å². The molecule has 19 heavy (non-hydrogen) atoms. The van der Waals surface area contributed by atoms with Crippen LogP contribution < -0.4 is 0 Å². The number of nitrogens with zero attached hydrogens (tertiary/aromatic N) is 3. The molecule has 0 aromatic carbocycles. The van der Waals surface area contributed by atoms with Crippen LogP contribution >= 0.6 is 0 Å². The molecule has 0 N–H and O–H groups in total. The average Bonchev–Trinajstić information content (AvgIpc) is 2.64. The molecule has 0 radical (unpaired) electrons. The highest BCUT2D eigenvalue weighted by molar-refractivity contribution is 5.83. The lowest BCUT2D eigenvalue weighted by Crippen LogP contribution is -2.43. The molecule has 2 rings (SSSR count). The molecular formula is C15H29N3O. The van der Waals surface area contributed by atoms with Crippen molar-refractivity contribution in [3.8, 4) is 0 Å². The summed E-state index contributed by atoms with van der Waals surface area (Å²) >= 11 is 0. The van der Waals surface area contributed by atoms with Gasteiger partial charge in [-0.25, -0.2) is 0 Å². The van der Waals surface area contributed by atoms with Crippen LogP contribution in [0, 0.1) is 5.92 Å². The van der Waals surface area contributed by atoms with Crippen molar-refractivity contribution in [2.24, 2.45) is 11.1 Å². The van der Waals surface area contributed by atoms with Crippen molar-refractivity contribution in [2.45, 2.75) is 45.1 Å². The van der Waals surface area contributed by atoms with Crippen LogP contribution in [0.15, 0.2) is 5.16 Å². The van der Waals surface area contributed by atoms with E-state index in [0.29, 0.717) is 5.92 Å². The first-order valence-electron chi connectivity index (χ1n) is 7.71. The highest BCUT2D eigenvalue weighted by Crippen LogP contribution is 2.24. The number of rotatable bonds is 3. The predicted octanol–water partition coefficient (Wildman–Crippen LogP) is 2.21. The van der Waals surface area contributed by atoms with E-state index in [1.54, 1.807) is 7.11 Å². The van der Waals surface area contributed by atoms with Crippen LogP contribution in [0.4, 0.5) is 0 Å². The van der Waals surface area contributed by atoms with E-state index in [1.165, 1.54) is 64.0 Å². The molecule has 0 aliphatic carbocycles. The number of hydrogen-bond acceptors (Lipinski definition) is 4. The zero-order valence-corrected chi connectivity index (χ0v) is 12.8. The summed E-state index contributed by atoms with van der Waals surface area (Å²) in [6, 6.07) is 0.811. The quantitative estimate of drug-likeness (QED) is 0.580. The van der Waals surface area contributed by atoms with Gasteiger partial charge in [-0.1, -0.05) is 5.16 Å². The molecule has 0 spiro atoms. The number of oxime groups is 1. The molecule has 110 valence electrons. The van der Waals surface area contributed by atoms with Gasteiger partial charge in [-0.05, 0) is 72.3 Å². The Morgan fingerprint density at radius 3 is 2.47 bits per heavy atom. The zero-order chi connectivity index (χ0) is 13.7. The van der Waals surface area contributed by atoms with Gasteiger partial charge >= 0.3 is 0 Å². The van der Waals surface area contributed by atoms with E-state index in [2.05, 4.69) is 28.9 Å². The normalized spacial score (nSPS) is 29.2. The van der Waals surface area contributed by atoms with Gasteiger partial charge in [-0.2, -0.15) is 0 Å². The van der Waals surface area contributed by atoms with E-state index in [9.17, 15) is 0 Å². The van der Waals surface area contributed by atoms with Gasteiger partial charge < -0.3 is 14.6 Å². The van der Waals surface area contributed by atoms with Crippen molar-refractivity contribution in [1.29, 1.82) is 0 Å². The lowest BCUT2D eigenvalue weighted by atomic mass is 9.91. The fourth-order valence-electron chi connectivity index (χ4n) is 3.49. The Balaban J connectivity index is 1.81. The smallest absolute Gasteiger partial charge is 0.106 e. The molecule has 1 atom stereocenters. The molecule has 0 amide bonds. The minimum atomic E-state index is 0.629. The largest absolute Gasteiger partial charge is 0.399 e. The van der Waals surface area contributed by atoms with Gasteiger partial charge in [-0.15, -0.1) is 0 Å². The Kier molecular flexibility index (Phi) is 5.64. The molecule has 4 heteroatoms. The van der Waals surface area contributed by atoms with Gasteiger partial charge in [-0.3, -0.25) is 0 Å². The lowest BCUT2D eigenvalue weighted by molar-refractivity contribution is 0.134. The van der Waals surface area contributed by atoms with E-state index in [1.807, 2.05) is 0 Å². The maximum Gasteiger partial charge on any atom is 0.106 e. The summed E-state index contributed by atoms with van der Waals surface area (Å²) in [7, 11) is 3.89. The van der Waals surface area contributed by atoms with Crippen LogP contribution in [-0.4, -0.2) is 61.9 Å². The SMILES string of the molecule is CO/N=C(\C)C1CCN(C2CCCN(C)CC2)CC1. The molecule has 2 saturated heterocycles. The Morgan fingerprint density at radius 1 is 1.05 bits per heavy atom. The molecule has 2 aliphatic rings. The summed E-state index contributed by atoms with van der Waals surface area (Å²) in [4.78, 5) is 10.1. The lowest BCUT2D eigenvalue weighted by Gasteiger charge is -2.37. The summed E-state index contributed by atoms with van der Waals surface area (Å²) in [6.07, 6.45) is 6.55. The molecule has 2 heterocycles. The van der Waals surface area contributed by atoms with E-state index < -0.39 is 0 Å². The molecule has 0 aromatic heterocycles. The Hall–Kier alpha value is -0.610. The van der Waals surface area contributed by atoms with Gasteiger partial charge in [0.25, 0.3) is 0 Å². The molecular weight excluding hydrogens is 238 g/mol. The van der Waals surface area contributed by atoms with Gasteiger partial charge in [0, 0.05) is 12.0 Å². The van der Waals surface area contributed by atoms with E-state index in [0.717, 1.165) is 6.04 Å². The molecule has 2 fully saturated rings. The van der Waals surface area contributed by atoms with E-state index in [-0.39, 0.29) is 0 Å².